The van der Waals surface area contributed by atoms with Crippen molar-refractivity contribution in [2.75, 3.05) is 25.1 Å². The summed E-state index contributed by atoms with van der Waals surface area (Å²) in [5.41, 5.74) is 4.50. The standard InChI is InChI=1S/C27H21Cl4NO3/c1-34-18-10-6-16(7-11-18)19(15-4-8-17(9-5-15)32-12-2-3-13-32)14-20-21-22(27(33)35-20)24(29)26(31)25(30)23(21)28/h4-11,14,20H,2-3,12-13H2,1H3/b19-14-. The molecular formula is C27H21Cl4NO3. The molecule has 0 radical (unpaired) electrons. The summed E-state index contributed by atoms with van der Waals surface area (Å²) in [7, 11) is 1.62. The molecule has 0 saturated carbocycles. The third-order valence-electron chi connectivity index (χ3n) is 6.39. The van der Waals surface area contributed by atoms with Crippen molar-refractivity contribution in [1.82, 2.24) is 0 Å². The molecule has 1 atom stereocenters. The zero-order chi connectivity index (χ0) is 24.7. The summed E-state index contributed by atoms with van der Waals surface area (Å²) in [6.45, 7) is 2.13. The highest BCUT2D eigenvalue weighted by Gasteiger charge is 2.37. The Morgan fingerprint density at radius 3 is 2.06 bits per heavy atom. The van der Waals surface area contributed by atoms with Crippen LogP contribution < -0.4 is 9.64 Å². The highest BCUT2D eigenvalue weighted by molar-refractivity contribution is 6.53. The first kappa shape index (κ1) is 24.3. The number of rotatable bonds is 5. The SMILES string of the molecule is COc1ccc(/C(=C\C2OC(=O)c3c(Cl)c(Cl)c(Cl)c(Cl)c32)c2ccc(N3CCCC3)cc2)cc1. The highest BCUT2D eigenvalue weighted by atomic mass is 35.5. The van der Waals surface area contributed by atoms with Gasteiger partial charge in [-0.15, -0.1) is 0 Å². The lowest BCUT2D eigenvalue weighted by molar-refractivity contribution is 0.0468. The van der Waals surface area contributed by atoms with E-state index in [0.29, 0.717) is 5.56 Å². The molecule has 5 rings (SSSR count). The highest BCUT2D eigenvalue weighted by Crippen LogP contribution is 2.49. The zero-order valence-electron chi connectivity index (χ0n) is 18.8. The summed E-state index contributed by atoms with van der Waals surface area (Å²) >= 11 is 25.4. The molecule has 0 spiro atoms. The first-order chi connectivity index (χ1) is 16.9. The minimum Gasteiger partial charge on any atom is -0.497 e. The van der Waals surface area contributed by atoms with Gasteiger partial charge in [0, 0.05) is 24.3 Å². The van der Waals surface area contributed by atoms with Crippen LogP contribution in [0.4, 0.5) is 5.69 Å². The van der Waals surface area contributed by atoms with Crippen molar-refractivity contribution in [1.29, 1.82) is 0 Å². The Labute approximate surface area is 223 Å². The quantitative estimate of drug-likeness (QED) is 0.183. The van der Waals surface area contributed by atoms with Gasteiger partial charge in [-0.1, -0.05) is 70.7 Å². The molecule has 3 aromatic rings. The van der Waals surface area contributed by atoms with Gasteiger partial charge in [0.2, 0.25) is 0 Å². The number of benzene rings is 3. The Kier molecular flexibility index (Phi) is 6.91. The van der Waals surface area contributed by atoms with Gasteiger partial charge >= 0.3 is 5.97 Å². The maximum atomic E-state index is 12.7. The van der Waals surface area contributed by atoms with Crippen LogP contribution >= 0.6 is 46.4 Å². The van der Waals surface area contributed by atoms with Crippen LogP contribution in [0.5, 0.6) is 5.75 Å². The van der Waals surface area contributed by atoms with Crippen molar-refractivity contribution < 1.29 is 14.3 Å². The number of methoxy groups -OCH3 is 1. The fourth-order valence-electron chi connectivity index (χ4n) is 4.57. The smallest absolute Gasteiger partial charge is 0.341 e. The maximum absolute atomic E-state index is 12.7. The number of carbonyl (C=O) groups is 1. The van der Waals surface area contributed by atoms with Gasteiger partial charge in [0.15, 0.2) is 0 Å². The molecule has 180 valence electrons. The van der Waals surface area contributed by atoms with Crippen LogP contribution in [0.1, 0.15) is 46.0 Å². The van der Waals surface area contributed by atoms with Crippen LogP contribution in [0.25, 0.3) is 5.57 Å². The number of carbonyl (C=O) groups excluding carboxylic acids is 1. The molecule has 1 saturated heterocycles. The van der Waals surface area contributed by atoms with Gasteiger partial charge in [-0.05, 0) is 59.9 Å². The Hall–Kier alpha value is -2.37. The second kappa shape index (κ2) is 9.94. The van der Waals surface area contributed by atoms with Crippen LogP contribution in [0.3, 0.4) is 0 Å². The lowest BCUT2D eigenvalue weighted by atomic mass is 9.94. The molecule has 0 bridgehead atoms. The molecule has 2 aliphatic heterocycles. The lowest BCUT2D eigenvalue weighted by Crippen LogP contribution is -2.17. The Morgan fingerprint density at radius 2 is 1.46 bits per heavy atom. The fourth-order valence-corrected chi connectivity index (χ4v) is 5.63. The van der Waals surface area contributed by atoms with E-state index in [-0.39, 0.29) is 25.7 Å². The summed E-state index contributed by atoms with van der Waals surface area (Å²) in [4.78, 5) is 15.1. The monoisotopic (exact) mass is 547 g/mol. The van der Waals surface area contributed by atoms with Crippen LogP contribution in [-0.2, 0) is 4.74 Å². The Morgan fingerprint density at radius 1 is 0.886 bits per heavy atom. The van der Waals surface area contributed by atoms with Crippen molar-refractivity contribution >= 4 is 63.6 Å². The molecule has 1 unspecified atom stereocenters. The van der Waals surface area contributed by atoms with Gasteiger partial charge in [0.25, 0.3) is 0 Å². The molecule has 0 aromatic heterocycles. The predicted molar refractivity (Wildman–Crippen MR) is 143 cm³/mol. The van der Waals surface area contributed by atoms with Crippen LogP contribution in [0.15, 0.2) is 54.6 Å². The van der Waals surface area contributed by atoms with Gasteiger partial charge < -0.3 is 14.4 Å². The van der Waals surface area contributed by atoms with E-state index in [9.17, 15) is 4.79 Å². The average Bonchev–Trinajstić information content (AvgIpc) is 3.53. The van der Waals surface area contributed by atoms with Crippen LogP contribution in [0, 0.1) is 0 Å². The van der Waals surface area contributed by atoms with E-state index in [2.05, 4.69) is 29.2 Å². The number of nitrogens with zero attached hydrogens (tertiary/aromatic N) is 1. The van der Waals surface area contributed by atoms with Gasteiger partial charge in [-0.2, -0.15) is 0 Å². The molecular weight excluding hydrogens is 528 g/mol. The first-order valence-corrected chi connectivity index (χ1v) is 12.7. The second-order valence-corrected chi connectivity index (χ2v) is 9.93. The van der Waals surface area contributed by atoms with E-state index in [1.165, 1.54) is 18.5 Å². The summed E-state index contributed by atoms with van der Waals surface area (Å²) in [6.07, 6.45) is 3.50. The van der Waals surface area contributed by atoms with Crippen molar-refractivity contribution in [3.05, 3.63) is 97.0 Å². The predicted octanol–water partition coefficient (Wildman–Crippen LogP) is 8.25. The number of halogens is 4. The third-order valence-corrected chi connectivity index (χ3v) is 8.21. The van der Waals surface area contributed by atoms with E-state index in [4.69, 9.17) is 55.9 Å². The molecule has 4 nitrogen and oxygen atoms in total. The number of hydrogen-bond donors (Lipinski definition) is 0. The summed E-state index contributed by atoms with van der Waals surface area (Å²) in [5, 5.41) is 0.320. The van der Waals surface area contributed by atoms with E-state index < -0.39 is 12.1 Å². The minimum absolute atomic E-state index is 0.0338. The van der Waals surface area contributed by atoms with Crippen molar-refractivity contribution in [2.45, 2.75) is 18.9 Å². The third kappa shape index (κ3) is 4.49. The van der Waals surface area contributed by atoms with Gasteiger partial charge in [0.05, 0.1) is 32.8 Å². The number of cyclic esters (lactones) is 1. The summed E-state index contributed by atoms with van der Waals surface area (Å²) in [5.74, 6) is 0.150. The van der Waals surface area contributed by atoms with Crippen LogP contribution in [0.2, 0.25) is 20.1 Å². The number of hydrogen-bond acceptors (Lipinski definition) is 4. The van der Waals surface area contributed by atoms with Gasteiger partial charge in [-0.3, -0.25) is 0 Å². The molecule has 1 fully saturated rings. The topological polar surface area (TPSA) is 38.8 Å². The first-order valence-electron chi connectivity index (χ1n) is 11.2. The van der Waals surface area contributed by atoms with E-state index in [0.717, 1.165) is 35.5 Å². The van der Waals surface area contributed by atoms with E-state index >= 15 is 0 Å². The average molecular weight is 549 g/mol. The summed E-state index contributed by atoms with van der Waals surface area (Å²) < 4.78 is 11.0. The Bertz CT molecular complexity index is 1310. The van der Waals surface area contributed by atoms with Crippen molar-refractivity contribution in [3.63, 3.8) is 0 Å². The van der Waals surface area contributed by atoms with Gasteiger partial charge in [-0.25, -0.2) is 4.79 Å². The number of fused-ring (bicyclic) bond motifs is 1. The van der Waals surface area contributed by atoms with Crippen molar-refractivity contribution in [3.8, 4) is 5.75 Å². The van der Waals surface area contributed by atoms with Gasteiger partial charge in [0.1, 0.15) is 11.9 Å². The molecule has 8 heteroatoms. The molecule has 0 amide bonds. The Balaban J connectivity index is 1.62. The zero-order valence-corrected chi connectivity index (χ0v) is 21.8. The van der Waals surface area contributed by atoms with Crippen molar-refractivity contribution in [2.24, 2.45) is 0 Å². The molecule has 3 aromatic carbocycles. The number of esters is 1. The lowest BCUT2D eigenvalue weighted by Gasteiger charge is -2.19. The number of ether oxygens (including phenoxy) is 2. The minimum atomic E-state index is -0.785. The van der Waals surface area contributed by atoms with Crippen LogP contribution in [-0.4, -0.2) is 26.2 Å². The fraction of sp³-hybridized carbons (Fsp3) is 0.222. The largest absolute Gasteiger partial charge is 0.497 e. The molecule has 2 heterocycles. The molecule has 2 aliphatic rings. The maximum Gasteiger partial charge on any atom is 0.341 e. The normalized spacial score (nSPS) is 17.5. The molecule has 35 heavy (non-hydrogen) atoms. The van der Waals surface area contributed by atoms with E-state index in [1.807, 2.05) is 30.3 Å². The van der Waals surface area contributed by atoms with E-state index in [1.54, 1.807) is 7.11 Å². The number of anilines is 1. The second-order valence-electron chi connectivity index (χ2n) is 8.42. The summed E-state index contributed by atoms with van der Waals surface area (Å²) in [6, 6.07) is 16.1. The molecule has 0 N–H and O–H groups in total. The molecule has 0 aliphatic carbocycles.